The molecule has 0 aliphatic rings. The molecule has 2 nitrogen and oxygen atoms in total. The number of aryl methyl sites for hydroxylation is 1. The highest BCUT2D eigenvalue weighted by Gasteiger charge is 2.13. The van der Waals surface area contributed by atoms with Gasteiger partial charge in [0.15, 0.2) is 0 Å². The SMILES string of the molecule is C/C=C/c1c(-c2ccc(C)cc2)oc2ccccc2c1=O. The van der Waals surface area contributed by atoms with E-state index in [1.165, 1.54) is 5.56 Å². The highest BCUT2D eigenvalue weighted by molar-refractivity contribution is 5.83. The second-order valence-electron chi connectivity index (χ2n) is 5.04. The van der Waals surface area contributed by atoms with Gasteiger partial charge in [-0.3, -0.25) is 4.79 Å². The largest absolute Gasteiger partial charge is 0.455 e. The number of hydrogen-bond acceptors (Lipinski definition) is 2. The summed E-state index contributed by atoms with van der Waals surface area (Å²) >= 11 is 0. The van der Waals surface area contributed by atoms with Crippen molar-refractivity contribution >= 4 is 17.0 Å². The smallest absolute Gasteiger partial charge is 0.200 e. The van der Waals surface area contributed by atoms with Crippen molar-refractivity contribution in [1.29, 1.82) is 0 Å². The third kappa shape index (κ3) is 2.40. The van der Waals surface area contributed by atoms with Gasteiger partial charge in [0.05, 0.1) is 10.9 Å². The second-order valence-corrected chi connectivity index (χ2v) is 5.04. The van der Waals surface area contributed by atoms with Crippen LogP contribution in [-0.2, 0) is 0 Å². The number of hydrogen-bond donors (Lipinski definition) is 0. The average Bonchev–Trinajstić information content (AvgIpc) is 2.51. The van der Waals surface area contributed by atoms with Crippen molar-refractivity contribution in [1.82, 2.24) is 0 Å². The van der Waals surface area contributed by atoms with Crippen LogP contribution in [-0.4, -0.2) is 0 Å². The molecule has 0 fully saturated rings. The molecule has 0 aliphatic heterocycles. The van der Waals surface area contributed by atoms with Gasteiger partial charge in [-0.15, -0.1) is 0 Å². The minimum absolute atomic E-state index is 0.00512. The quantitative estimate of drug-likeness (QED) is 0.673. The number of rotatable bonds is 2. The van der Waals surface area contributed by atoms with Crippen molar-refractivity contribution in [2.75, 3.05) is 0 Å². The number of fused-ring (bicyclic) bond motifs is 1. The monoisotopic (exact) mass is 276 g/mol. The van der Waals surface area contributed by atoms with Crippen LogP contribution in [0, 0.1) is 6.92 Å². The summed E-state index contributed by atoms with van der Waals surface area (Å²) in [5.41, 5.74) is 3.31. The van der Waals surface area contributed by atoms with Crippen LogP contribution in [0.2, 0.25) is 0 Å². The van der Waals surface area contributed by atoms with Crippen molar-refractivity contribution < 1.29 is 4.42 Å². The Morgan fingerprint density at radius 3 is 2.43 bits per heavy atom. The molecule has 3 rings (SSSR count). The van der Waals surface area contributed by atoms with E-state index in [0.29, 0.717) is 22.3 Å². The van der Waals surface area contributed by atoms with Crippen LogP contribution in [0.1, 0.15) is 18.1 Å². The van der Waals surface area contributed by atoms with Crippen LogP contribution in [0.15, 0.2) is 63.8 Å². The van der Waals surface area contributed by atoms with Gasteiger partial charge in [-0.1, -0.05) is 54.1 Å². The molecule has 0 radical (unpaired) electrons. The maximum Gasteiger partial charge on any atom is 0.200 e. The summed E-state index contributed by atoms with van der Waals surface area (Å²) in [4.78, 5) is 12.7. The molecule has 21 heavy (non-hydrogen) atoms. The fourth-order valence-corrected chi connectivity index (χ4v) is 2.39. The van der Waals surface area contributed by atoms with Gasteiger partial charge >= 0.3 is 0 Å². The molecule has 0 N–H and O–H groups in total. The molecule has 0 saturated heterocycles. The number of allylic oxidation sites excluding steroid dienone is 1. The molecule has 1 heterocycles. The predicted molar refractivity (Wildman–Crippen MR) is 87.4 cm³/mol. The third-order valence-electron chi connectivity index (χ3n) is 3.48. The normalized spacial score (nSPS) is 11.3. The zero-order valence-electron chi connectivity index (χ0n) is 12.1. The lowest BCUT2D eigenvalue weighted by Crippen LogP contribution is -2.07. The molecule has 3 aromatic rings. The first-order chi connectivity index (χ1) is 10.2. The maximum atomic E-state index is 12.7. The van der Waals surface area contributed by atoms with Crippen LogP contribution < -0.4 is 5.43 Å². The number of para-hydroxylation sites is 1. The van der Waals surface area contributed by atoms with Gasteiger partial charge in [0, 0.05) is 5.56 Å². The van der Waals surface area contributed by atoms with Gasteiger partial charge in [-0.25, -0.2) is 0 Å². The summed E-state index contributed by atoms with van der Waals surface area (Å²) in [6, 6.07) is 15.4. The molecule has 0 atom stereocenters. The Hall–Kier alpha value is -2.61. The molecule has 0 aliphatic carbocycles. The zero-order valence-corrected chi connectivity index (χ0v) is 12.1. The molecule has 0 spiro atoms. The van der Waals surface area contributed by atoms with E-state index in [2.05, 4.69) is 0 Å². The molecule has 0 bridgehead atoms. The van der Waals surface area contributed by atoms with Gasteiger partial charge in [-0.2, -0.15) is 0 Å². The standard InChI is InChI=1S/C19H16O2/c1-3-6-16-18(20)15-7-4-5-8-17(15)21-19(16)14-11-9-13(2)10-12-14/h3-12H,1-2H3/b6-3+. The molecule has 0 unspecified atom stereocenters. The topological polar surface area (TPSA) is 30.2 Å². The summed E-state index contributed by atoms with van der Waals surface area (Å²) in [6.45, 7) is 3.93. The Labute approximate surface area is 123 Å². The lowest BCUT2D eigenvalue weighted by atomic mass is 10.0. The predicted octanol–water partition coefficient (Wildman–Crippen LogP) is 4.80. The molecule has 2 aromatic carbocycles. The second kappa shape index (κ2) is 5.41. The Morgan fingerprint density at radius 1 is 1.00 bits per heavy atom. The van der Waals surface area contributed by atoms with Crippen molar-refractivity contribution in [3.63, 3.8) is 0 Å². The van der Waals surface area contributed by atoms with Gasteiger partial charge in [-0.05, 0) is 26.0 Å². The van der Waals surface area contributed by atoms with Crippen LogP contribution in [0.3, 0.4) is 0 Å². The Balaban J connectivity index is 2.37. The third-order valence-corrected chi connectivity index (χ3v) is 3.48. The van der Waals surface area contributed by atoms with Crippen LogP contribution in [0.5, 0.6) is 0 Å². The van der Waals surface area contributed by atoms with E-state index in [0.717, 1.165) is 5.56 Å². The summed E-state index contributed by atoms with van der Waals surface area (Å²) in [5.74, 6) is 0.622. The minimum atomic E-state index is 0.00512. The molecule has 1 aromatic heterocycles. The fourth-order valence-electron chi connectivity index (χ4n) is 2.39. The first-order valence-electron chi connectivity index (χ1n) is 6.96. The van der Waals surface area contributed by atoms with Crippen molar-refractivity contribution in [3.8, 4) is 11.3 Å². The van der Waals surface area contributed by atoms with Gasteiger partial charge in [0.1, 0.15) is 11.3 Å². The first kappa shape index (κ1) is 13.4. The van der Waals surface area contributed by atoms with E-state index >= 15 is 0 Å². The molecule has 0 amide bonds. The van der Waals surface area contributed by atoms with Crippen LogP contribution in [0.25, 0.3) is 28.4 Å². The van der Waals surface area contributed by atoms with Crippen LogP contribution >= 0.6 is 0 Å². The highest BCUT2D eigenvalue weighted by Crippen LogP contribution is 2.27. The first-order valence-corrected chi connectivity index (χ1v) is 6.96. The van der Waals surface area contributed by atoms with E-state index in [-0.39, 0.29) is 5.43 Å². The fraction of sp³-hybridized carbons (Fsp3) is 0.105. The lowest BCUT2D eigenvalue weighted by molar-refractivity contribution is 0.617. The van der Waals surface area contributed by atoms with Crippen molar-refractivity contribution in [3.05, 3.63) is 76.0 Å². The Bertz CT molecular complexity index is 868. The van der Waals surface area contributed by atoms with E-state index < -0.39 is 0 Å². The summed E-state index contributed by atoms with van der Waals surface area (Å²) < 4.78 is 6.00. The molecule has 104 valence electrons. The molecule has 2 heteroatoms. The zero-order chi connectivity index (χ0) is 14.8. The van der Waals surface area contributed by atoms with E-state index in [4.69, 9.17) is 4.42 Å². The van der Waals surface area contributed by atoms with Crippen molar-refractivity contribution in [2.24, 2.45) is 0 Å². The number of benzene rings is 2. The minimum Gasteiger partial charge on any atom is -0.455 e. The van der Waals surface area contributed by atoms with E-state index in [9.17, 15) is 4.79 Å². The van der Waals surface area contributed by atoms with Crippen LogP contribution in [0.4, 0.5) is 0 Å². The Morgan fingerprint density at radius 2 is 1.71 bits per heavy atom. The van der Waals surface area contributed by atoms with Gasteiger partial charge in [0.2, 0.25) is 5.43 Å². The molecular formula is C19H16O2. The summed E-state index contributed by atoms with van der Waals surface area (Å²) in [7, 11) is 0. The van der Waals surface area contributed by atoms with E-state index in [1.54, 1.807) is 6.07 Å². The lowest BCUT2D eigenvalue weighted by Gasteiger charge is -2.08. The molecular weight excluding hydrogens is 260 g/mol. The highest BCUT2D eigenvalue weighted by atomic mass is 16.3. The van der Waals surface area contributed by atoms with E-state index in [1.807, 2.05) is 68.5 Å². The Kier molecular flexibility index (Phi) is 3.44. The maximum absolute atomic E-state index is 12.7. The average molecular weight is 276 g/mol. The summed E-state index contributed by atoms with van der Waals surface area (Å²) in [5, 5.41) is 0.612. The van der Waals surface area contributed by atoms with Gasteiger partial charge < -0.3 is 4.42 Å². The summed E-state index contributed by atoms with van der Waals surface area (Å²) in [6.07, 6.45) is 3.67. The molecule has 0 saturated carbocycles. The van der Waals surface area contributed by atoms with Gasteiger partial charge in [0.25, 0.3) is 0 Å². The van der Waals surface area contributed by atoms with Crippen molar-refractivity contribution in [2.45, 2.75) is 13.8 Å².